The lowest BCUT2D eigenvalue weighted by Gasteiger charge is -2.30. The smallest absolute Gasteiger partial charge is 0.244 e. The third kappa shape index (κ3) is 5.03. The molecule has 0 aromatic heterocycles. The van der Waals surface area contributed by atoms with Crippen LogP contribution in [0, 0.1) is 5.82 Å². The van der Waals surface area contributed by atoms with Crippen LogP contribution in [-0.4, -0.2) is 26.6 Å². The van der Waals surface area contributed by atoms with Crippen LogP contribution in [0.25, 0.3) is 0 Å². The van der Waals surface area contributed by atoms with E-state index in [2.05, 4.69) is 5.32 Å². The van der Waals surface area contributed by atoms with Gasteiger partial charge in [0.2, 0.25) is 15.9 Å². The highest BCUT2D eigenvalue weighted by Crippen LogP contribution is 2.22. The maximum Gasteiger partial charge on any atom is 0.244 e. The van der Waals surface area contributed by atoms with Crippen molar-refractivity contribution < 1.29 is 17.6 Å². The third-order valence-corrected chi connectivity index (χ3v) is 4.90. The van der Waals surface area contributed by atoms with Gasteiger partial charge >= 0.3 is 0 Å². The Balaban J connectivity index is 2.23. The van der Waals surface area contributed by atoms with Gasteiger partial charge in [0.1, 0.15) is 11.9 Å². The van der Waals surface area contributed by atoms with Crippen molar-refractivity contribution in [3.05, 3.63) is 66.0 Å². The van der Waals surface area contributed by atoms with Crippen LogP contribution in [0.2, 0.25) is 0 Å². The highest BCUT2D eigenvalue weighted by Gasteiger charge is 2.31. The first-order chi connectivity index (χ1) is 11.8. The molecule has 0 saturated heterocycles. The minimum Gasteiger partial charge on any atom is -0.350 e. The zero-order valence-corrected chi connectivity index (χ0v) is 15.0. The van der Waals surface area contributed by atoms with E-state index in [0.717, 1.165) is 16.1 Å². The second-order valence-electron chi connectivity index (χ2n) is 5.66. The summed E-state index contributed by atoms with van der Waals surface area (Å²) in [6.07, 6.45) is 1.31. The minimum atomic E-state index is -3.72. The van der Waals surface area contributed by atoms with Gasteiger partial charge in [0.05, 0.1) is 11.9 Å². The topological polar surface area (TPSA) is 66.5 Å². The summed E-state index contributed by atoms with van der Waals surface area (Å²) in [6, 6.07) is 13.5. The molecule has 2 aromatic carbocycles. The molecule has 2 rings (SSSR count). The van der Waals surface area contributed by atoms with E-state index in [0.29, 0.717) is 6.54 Å². The van der Waals surface area contributed by atoms with Crippen LogP contribution in [0.3, 0.4) is 0 Å². The van der Waals surface area contributed by atoms with Crippen molar-refractivity contribution in [3.63, 3.8) is 0 Å². The summed E-state index contributed by atoms with van der Waals surface area (Å²) in [7, 11) is -3.72. The molecule has 5 nitrogen and oxygen atoms in total. The number of halogens is 1. The first-order valence-corrected chi connectivity index (χ1v) is 9.74. The van der Waals surface area contributed by atoms with Crippen LogP contribution in [0.1, 0.15) is 18.9 Å². The van der Waals surface area contributed by atoms with E-state index in [4.69, 9.17) is 0 Å². The second kappa shape index (κ2) is 8.11. The van der Waals surface area contributed by atoms with Gasteiger partial charge in [-0.1, -0.05) is 37.3 Å². The number of anilines is 1. The van der Waals surface area contributed by atoms with Crippen molar-refractivity contribution in [1.29, 1.82) is 0 Å². The number of rotatable bonds is 7. The Morgan fingerprint density at radius 1 is 1.12 bits per heavy atom. The SMILES string of the molecule is CCC(C(=O)NCc1ccccc1)N(c1ccc(F)cc1)S(C)(=O)=O. The molecule has 2 aromatic rings. The van der Waals surface area contributed by atoms with Gasteiger partial charge in [-0.15, -0.1) is 0 Å². The van der Waals surface area contributed by atoms with Crippen molar-refractivity contribution in [3.8, 4) is 0 Å². The van der Waals surface area contributed by atoms with Gasteiger partial charge in [0.15, 0.2) is 0 Å². The summed E-state index contributed by atoms with van der Waals surface area (Å²) in [5.74, 6) is -0.875. The molecule has 7 heteroatoms. The number of nitrogens with one attached hydrogen (secondary N) is 1. The lowest BCUT2D eigenvalue weighted by Crippen LogP contribution is -2.49. The zero-order chi connectivity index (χ0) is 18.4. The monoisotopic (exact) mass is 364 g/mol. The van der Waals surface area contributed by atoms with E-state index in [-0.39, 0.29) is 12.1 Å². The number of hydrogen-bond acceptors (Lipinski definition) is 3. The number of nitrogens with zero attached hydrogens (tertiary/aromatic N) is 1. The Kier molecular flexibility index (Phi) is 6.14. The normalized spacial score (nSPS) is 12.4. The summed E-state index contributed by atoms with van der Waals surface area (Å²) in [5.41, 5.74) is 1.17. The second-order valence-corrected chi connectivity index (χ2v) is 7.52. The molecular weight excluding hydrogens is 343 g/mol. The molecule has 1 N–H and O–H groups in total. The molecule has 1 atom stereocenters. The fraction of sp³-hybridized carbons (Fsp3) is 0.278. The minimum absolute atomic E-state index is 0.255. The fourth-order valence-electron chi connectivity index (χ4n) is 2.55. The quantitative estimate of drug-likeness (QED) is 0.821. The van der Waals surface area contributed by atoms with Gasteiger partial charge < -0.3 is 5.32 Å². The molecule has 0 heterocycles. The van der Waals surface area contributed by atoms with Crippen molar-refractivity contribution in [1.82, 2.24) is 5.32 Å². The van der Waals surface area contributed by atoms with Crippen LogP contribution in [0.5, 0.6) is 0 Å². The zero-order valence-electron chi connectivity index (χ0n) is 14.1. The van der Waals surface area contributed by atoms with Gasteiger partial charge in [0.25, 0.3) is 0 Å². The maximum atomic E-state index is 13.1. The molecule has 0 aliphatic carbocycles. The van der Waals surface area contributed by atoms with E-state index in [9.17, 15) is 17.6 Å². The number of carbonyl (C=O) groups is 1. The molecule has 0 radical (unpaired) electrons. The molecule has 0 fully saturated rings. The Morgan fingerprint density at radius 2 is 1.72 bits per heavy atom. The highest BCUT2D eigenvalue weighted by atomic mass is 32.2. The van der Waals surface area contributed by atoms with Crippen LogP contribution >= 0.6 is 0 Å². The van der Waals surface area contributed by atoms with E-state index in [1.165, 1.54) is 24.3 Å². The van der Waals surface area contributed by atoms with Crippen molar-refractivity contribution in [2.75, 3.05) is 10.6 Å². The van der Waals surface area contributed by atoms with Crippen molar-refractivity contribution >= 4 is 21.6 Å². The standard InChI is InChI=1S/C18H21FN2O3S/c1-3-17(18(22)20-13-14-7-5-4-6-8-14)21(25(2,23)24)16-11-9-15(19)10-12-16/h4-12,17H,3,13H2,1-2H3,(H,20,22). The fourth-order valence-corrected chi connectivity index (χ4v) is 3.76. The number of benzene rings is 2. The molecule has 1 unspecified atom stereocenters. The lowest BCUT2D eigenvalue weighted by atomic mass is 10.1. The van der Waals surface area contributed by atoms with Crippen molar-refractivity contribution in [2.24, 2.45) is 0 Å². The number of sulfonamides is 1. The van der Waals surface area contributed by atoms with Crippen LogP contribution < -0.4 is 9.62 Å². The highest BCUT2D eigenvalue weighted by molar-refractivity contribution is 7.92. The summed E-state index contributed by atoms with van der Waals surface area (Å²) in [6.45, 7) is 2.03. The summed E-state index contributed by atoms with van der Waals surface area (Å²) >= 11 is 0. The van der Waals surface area contributed by atoms with Gasteiger partial charge in [0, 0.05) is 6.54 Å². The molecule has 1 amide bonds. The van der Waals surface area contributed by atoms with E-state index < -0.39 is 27.8 Å². The maximum absolute atomic E-state index is 13.1. The van der Waals surface area contributed by atoms with Gasteiger partial charge in [-0.25, -0.2) is 12.8 Å². The number of amides is 1. The van der Waals surface area contributed by atoms with Crippen LogP contribution in [-0.2, 0) is 21.4 Å². The average Bonchev–Trinajstić information content (AvgIpc) is 2.58. The average molecular weight is 364 g/mol. The van der Waals surface area contributed by atoms with E-state index in [1.54, 1.807) is 6.92 Å². The van der Waals surface area contributed by atoms with E-state index >= 15 is 0 Å². The van der Waals surface area contributed by atoms with Crippen LogP contribution in [0.4, 0.5) is 10.1 Å². The summed E-state index contributed by atoms with van der Waals surface area (Å²) < 4.78 is 38.7. The first kappa shape index (κ1) is 18.9. The molecule has 0 aliphatic heterocycles. The van der Waals surface area contributed by atoms with E-state index in [1.807, 2.05) is 30.3 Å². The predicted octanol–water partition coefficient (Wildman–Crippen LogP) is 2.69. The van der Waals surface area contributed by atoms with Gasteiger partial charge in [-0.05, 0) is 36.2 Å². The Morgan fingerprint density at radius 3 is 2.24 bits per heavy atom. The van der Waals surface area contributed by atoms with Gasteiger partial charge in [-0.3, -0.25) is 9.10 Å². The first-order valence-electron chi connectivity index (χ1n) is 7.89. The molecule has 0 bridgehead atoms. The van der Waals surface area contributed by atoms with Gasteiger partial charge in [-0.2, -0.15) is 0 Å². The van der Waals surface area contributed by atoms with Crippen LogP contribution in [0.15, 0.2) is 54.6 Å². The third-order valence-electron chi connectivity index (χ3n) is 3.72. The van der Waals surface area contributed by atoms with Crippen molar-refractivity contribution in [2.45, 2.75) is 25.9 Å². The largest absolute Gasteiger partial charge is 0.350 e. The Hall–Kier alpha value is -2.41. The lowest BCUT2D eigenvalue weighted by molar-refractivity contribution is -0.122. The molecule has 25 heavy (non-hydrogen) atoms. The molecule has 0 saturated carbocycles. The number of hydrogen-bond donors (Lipinski definition) is 1. The summed E-state index contributed by atoms with van der Waals surface area (Å²) in [5, 5.41) is 2.76. The predicted molar refractivity (Wildman–Crippen MR) is 96.1 cm³/mol. The summed E-state index contributed by atoms with van der Waals surface area (Å²) in [4.78, 5) is 12.6. The Labute approximate surface area is 147 Å². The molecular formula is C18H21FN2O3S. The molecule has 0 aliphatic rings. The Bertz CT molecular complexity index is 808. The molecule has 0 spiro atoms. The molecule has 134 valence electrons. The number of carbonyl (C=O) groups excluding carboxylic acids is 1.